The first-order valence-corrected chi connectivity index (χ1v) is 4.36. The molecule has 1 rings (SSSR count). The van der Waals surface area contributed by atoms with Crippen LogP contribution in [0.1, 0.15) is 13.3 Å². The average molecular weight is 189 g/mol. The molecule has 0 saturated carbocycles. The summed E-state index contributed by atoms with van der Waals surface area (Å²) in [6.07, 6.45) is 0.0553. The van der Waals surface area contributed by atoms with Crippen molar-refractivity contribution < 1.29 is 19.7 Å². The molecule has 0 bridgehead atoms. The summed E-state index contributed by atoms with van der Waals surface area (Å²) in [5.74, 6) is 0. The van der Waals surface area contributed by atoms with Gasteiger partial charge in [-0.05, 0) is 6.42 Å². The highest BCUT2D eigenvalue weighted by molar-refractivity contribution is 5.70. The van der Waals surface area contributed by atoms with Crippen LogP contribution in [0, 0.1) is 0 Å². The highest BCUT2D eigenvalue weighted by Gasteiger charge is 2.40. The Bertz CT molecular complexity index is 182. The Labute approximate surface area is 76.9 Å². The average Bonchev–Trinajstić information content (AvgIpc) is 2.57. The molecule has 1 fully saturated rings. The summed E-state index contributed by atoms with van der Waals surface area (Å²) in [6, 6.07) is 0. The molecule has 1 aliphatic heterocycles. The van der Waals surface area contributed by atoms with Crippen LogP contribution < -0.4 is 0 Å². The number of hydrogen-bond acceptors (Lipinski definition) is 4. The van der Waals surface area contributed by atoms with Gasteiger partial charge in [-0.15, -0.1) is 0 Å². The van der Waals surface area contributed by atoms with Crippen molar-refractivity contribution >= 4 is 6.09 Å². The zero-order valence-electron chi connectivity index (χ0n) is 7.69. The van der Waals surface area contributed by atoms with Gasteiger partial charge in [0, 0.05) is 0 Å². The van der Waals surface area contributed by atoms with Crippen molar-refractivity contribution in [2.75, 3.05) is 26.4 Å². The lowest BCUT2D eigenvalue weighted by Gasteiger charge is -2.36. The molecule has 0 aromatic carbocycles. The normalized spacial score (nSPS) is 17.8. The molecule has 0 aromatic rings. The fraction of sp³-hybridized carbons (Fsp3) is 0.875. The van der Waals surface area contributed by atoms with Crippen LogP contribution in [0.2, 0.25) is 0 Å². The molecule has 0 atom stereocenters. The van der Waals surface area contributed by atoms with Crippen LogP contribution in [0.5, 0.6) is 0 Å². The van der Waals surface area contributed by atoms with E-state index in [-0.39, 0.29) is 13.2 Å². The van der Waals surface area contributed by atoms with Crippen LogP contribution in [-0.2, 0) is 4.74 Å². The molecule has 0 radical (unpaired) electrons. The van der Waals surface area contributed by atoms with Gasteiger partial charge in [-0.25, -0.2) is 4.79 Å². The van der Waals surface area contributed by atoms with Crippen molar-refractivity contribution in [3.8, 4) is 0 Å². The number of aliphatic hydroxyl groups is 2. The first kappa shape index (κ1) is 10.3. The number of hydrogen-bond donors (Lipinski definition) is 2. The number of carbonyl (C=O) groups excluding carboxylic acids is 1. The van der Waals surface area contributed by atoms with Gasteiger partial charge in [-0.1, -0.05) is 6.92 Å². The Balaban J connectivity index is 2.79. The van der Waals surface area contributed by atoms with Crippen LogP contribution in [0.15, 0.2) is 0 Å². The van der Waals surface area contributed by atoms with Crippen molar-refractivity contribution in [2.24, 2.45) is 0 Å². The van der Waals surface area contributed by atoms with E-state index >= 15 is 0 Å². The number of nitrogens with zero attached hydrogens (tertiary/aromatic N) is 1. The van der Waals surface area contributed by atoms with E-state index in [9.17, 15) is 4.79 Å². The van der Waals surface area contributed by atoms with E-state index in [2.05, 4.69) is 0 Å². The number of cyclic esters (lactones) is 1. The predicted octanol–water partition coefficient (Wildman–Crippen LogP) is -0.428. The maximum atomic E-state index is 11.2. The minimum Gasteiger partial charge on any atom is -0.448 e. The van der Waals surface area contributed by atoms with Crippen molar-refractivity contribution in [2.45, 2.75) is 18.9 Å². The molecular formula is C8H15NO4. The summed E-state index contributed by atoms with van der Waals surface area (Å²) in [5, 5.41) is 18.3. The zero-order valence-corrected chi connectivity index (χ0v) is 7.69. The maximum absolute atomic E-state index is 11.2. The van der Waals surface area contributed by atoms with E-state index in [1.54, 1.807) is 0 Å². The predicted molar refractivity (Wildman–Crippen MR) is 45.2 cm³/mol. The molecule has 76 valence electrons. The Morgan fingerprint density at radius 1 is 1.54 bits per heavy atom. The van der Waals surface area contributed by atoms with E-state index in [1.807, 2.05) is 6.92 Å². The molecule has 0 aromatic heterocycles. The van der Waals surface area contributed by atoms with E-state index in [4.69, 9.17) is 14.9 Å². The summed E-state index contributed by atoms with van der Waals surface area (Å²) in [6.45, 7) is 2.11. The van der Waals surface area contributed by atoms with Crippen molar-refractivity contribution in [1.29, 1.82) is 0 Å². The molecule has 13 heavy (non-hydrogen) atoms. The Morgan fingerprint density at radius 2 is 2.15 bits per heavy atom. The Hall–Kier alpha value is -0.810. The van der Waals surface area contributed by atoms with Crippen LogP contribution in [0.3, 0.4) is 0 Å². The first-order chi connectivity index (χ1) is 6.20. The second kappa shape index (κ2) is 3.93. The number of rotatable bonds is 4. The van der Waals surface area contributed by atoms with Gasteiger partial charge in [0.25, 0.3) is 0 Å². The summed E-state index contributed by atoms with van der Waals surface area (Å²) in [4.78, 5) is 12.6. The van der Waals surface area contributed by atoms with Crippen molar-refractivity contribution in [3.05, 3.63) is 0 Å². The maximum Gasteiger partial charge on any atom is 0.410 e. The summed E-state index contributed by atoms with van der Waals surface area (Å²) >= 11 is 0. The molecule has 2 N–H and O–H groups in total. The molecular weight excluding hydrogens is 174 g/mol. The molecule has 0 aliphatic carbocycles. The fourth-order valence-electron chi connectivity index (χ4n) is 1.46. The summed E-state index contributed by atoms with van der Waals surface area (Å²) < 4.78 is 4.74. The number of carbonyl (C=O) groups is 1. The minimum absolute atomic E-state index is 0.241. The van der Waals surface area contributed by atoms with Crippen LogP contribution >= 0.6 is 0 Å². The molecule has 1 heterocycles. The van der Waals surface area contributed by atoms with Gasteiger partial charge in [-0.3, -0.25) is 4.90 Å². The van der Waals surface area contributed by atoms with E-state index < -0.39 is 11.6 Å². The lowest BCUT2D eigenvalue weighted by Crippen LogP contribution is -2.54. The van der Waals surface area contributed by atoms with Crippen LogP contribution in [0.25, 0.3) is 0 Å². The third-order valence-corrected chi connectivity index (χ3v) is 2.58. The highest BCUT2D eigenvalue weighted by Crippen LogP contribution is 2.22. The molecule has 0 unspecified atom stereocenters. The standard InChI is InChI=1S/C8H15NO4/c1-2-8(5-10,6-11)9-3-4-13-7(9)12/h10-11H,2-6H2,1H3. The SMILES string of the molecule is CCC(CO)(CO)N1CCOC1=O. The highest BCUT2D eigenvalue weighted by atomic mass is 16.6. The lowest BCUT2D eigenvalue weighted by atomic mass is 9.96. The molecule has 1 saturated heterocycles. The van der Waals surface area contributed by atoms with Crippen molar-refractivity contribution in [1.82, 2.24) is 4.90 Å². The van der Waals surface area contributed by atoms with Crippen LogP contribution in [-0.4, -0.2) is 53.1 Å². The first-order valence-electron chi connectivity index (χ1n) is 4.36. The molecule has 5 heteroatoms. The van der Waals surface area contributed by atoms with Gasteiger partial charge in [-0.2, -0.15) is 0 Å². The molecule has 1 amide bonds. The van der Waals surface area contributed by atoms with Gasteiger partial charge in [0.1, 0.15) is 6.61 Å². The second-order valence-corrected chi connectivity index (χ2v) is 3.16. The molecule has 0 spiro atoms. The van der Waals surface area contributed by atoms with Crippen LogP contribution in [0.4, 0.5) is 4.79 Å². The quantitative estimate of drug-likeness (QED) is 0.629. The number of ether oxygens (including phenoxy) is 1. The second-order valence-electron chi connectivity index (χ2n) is 3.16. The molecule has 5 nitrogen and oxygen atoms in total. The summed E-state index contributed by atoms with van der Waals surface area (Å²) in [7, 11) is 0. The molecule has 1 aliphatic rings. The van der Waals surface area contributed by atoms with E-state index in [0.717, 1.165) is 0 Å². The lowest BCUT2D eigenvalue weighted by molar-refractivity contribution is 0.0135. The Morgan fingerprint density at radius 3 is 2.46 bits per heavy atom. The zero-order chi connectivity index (χ0) is 9.90. The number of amides is 1. The fourth-order valence-corrected chi connectivity index (χ4v) is 1.46. The van der Waals surface area contributed by atoms with E-state index in [0.29, 0.717) is 19.6 Å². The van der Waals surface area contributed by atoms with Gasteiger partial charge in [0.2, 0.25) is 0 Å². The third-order valence-electron chi connectivity index (χ3n) is 2.58. The minimum atomic E-state index is -0.854. The van der Waals surface area contributed by atoms with Crippen molar-refractivity contribution in [3.63, 3.8) is 0 Å². The number of aliphatic hydroxyl groups excluding tert-OH is 2. The topological polar surface area (TPSA) is 70.0 Å². The van der Waals surface area contributed by atoms with E-state index in [1.165, 1.54) is 4.90 Å². The van der Waals surface area contributed by atoms with Gasteiger partial charge >= 0.3 is 6.09 Å². The van der Waals surface area contributed by atoms with Gasteiger partial charge in [0.15, 0.2) is 0 Å². The smallest absolute Gasteiger partial charge is 0.410 e. The summed E-state index contributed by atoms with van der Waals surface area (Å²) in [5.41, 5.74) is -0.854. The third kappa shape index (κ3) is 1.62. The van der Waals surface area contributed by atoms with Gasteiger partial charge in [0.05, 0.1) is 25.3 Å². The largest absolute Gasteiger partial charge is 0.448 e. The monoisotopic (exact) mass is 189 g/mol. The Kier molecular flexibility index (Phi) is 3.11. The van der Waals surface area contributed by atoms with Gasteiger partial charge < -0.3 is 14.9 Å².